The standard InChI is InChI=1S/C23H25F2N3O2/c24-16-4-7-21-18(10-16)15(12-28-21)3-1-2-8-27-11-14-9-19-17(23(26)29)5-6-20(25)22(19)30-13-14/h4-7,10,12,14,27-28H,1-3,8-9,11,13H2,(H2,26,29). The molecule has 1 unspecified atom stereocenters. The third kappa shape index (κ3) is 4.31. The Hall–Kier alpha value is -2.93. The van der Waals surface area contributed by atoms with E-state index in [9.17, 15) is 13.6 Å². The average Bonchev–Trinajstić information content (AvgIpc) is 3.12. The Labute approximate surface area is 173 Å². The molecule has 0 radical (unpaired) electrons. The van der Waals surface area contributed by atoms with Gasteiger partial charge >= 0.3 is 0 Å². The quantitative estimate of drug-likeness (QED) is 0.493. The lowest BCUT2D eigenvalue weighted by molar-refractivity contribution is 0.0996. The van der Waals surface area contributed by atoms with E-state index < -0.39 is 11.7 Å². The van der Waals surface area contributed by atoms with E-state index in [1.54, 1.807) is 12.1 Å². The molecule has 4 rings (SSSR count). The number of halogens is 2. The minimum Gasteiger partial charge on any atom is -0.490 e. The number of hydrogen-bond donors (Lipinski definition) is 3. The van der Waals surface area contributed by atoms with Gasteiger partial charge < -0.3 is 20.8 Å². The third-order valence-electron chi connectivity index (χ3n) is 5.65. The SMILES string of the molecule is NC(=O)c1ccc(F)c2c1CC(CNCCCCc1c[nH]c3ccc(F)cc13)CO2. The first kappa shape index (κ1) is 20.3. The molecule has 1 aliphatic rings. The van der Waals surface area contributed by atoms with Crippen LogP contribution in [0.4, 0.5) is 8.78 Å². The van der Waals surface area contributed by atoms with Crippen LogP contribution < -0.4 is 15.8 Å². The monoisotopic (exact) mass is 413 g/mol. The molecule has 1 aromatic heterocycles. The third-order valence-corrected chi connectivity index (χ3v) is 5.65. The molecule has 0 saturated heterocycles. The lowest BCUT2D eigenvalue weighted by Crippen LogP contribution is -2.33. The first-order valence-corrected chi connectivity index (χ1v) is 10.2. The van der Waals surface area contributed by atoms with Gasteiger partial charge in [0, 0.05) is 40.7 Å². The van der Waals surface area contributed by atoms with Crippen molar-refractivity contribution in [3.05, 3.63) is 64.9 Å². The fourth-order valence-electron chi connectivity index (χ4n) is 4.10. The van der Waals surface area contributed by atoms with Gasteiger partial charge in [-0.25, -0.2) is 8.78 Å². The molecule has 3 aromatic rings. The van der Waals surface area contributed by atoms with E-state index in [1.165, 1.54) is 18.2 Å². The Morgan fingerprint density at radius 2 is 2.10 bits per heavy atom. The molecule has 1 atom stereocenters. The maximum Gasteiger partial charge on any atom is 0.249 e. The molecular weight excluding hydrogens is 388 g/mol. The van der Waals surface area contributed by atoms with E-state index in [-0.39, 0.29) is 17.5 Å². The van der Waals surface area contributed by atoms with Crippen molar-refractivity contribution in [1.82, 2.24) is 10.3 Å². The molecule has 2 aromatic carbocycles. The van der Waals surface area contributed by atoms with Gasteiger partial charge in [0.1, 0.15) is 5.82 Å². The fourth-order valence-corrected chi connectivity index (χ4v) is 4.10. The number of hydrogen-bond acceptors (Lipinski definition) is 3. The van der Waals surface area contributed by atoms with E-state index >= 15 is 0 Å². The lowest BCUT2D eigenvalue weighted by Gasteiger charge is -2.27. The van der Waals surface area contributed by atoms with Gasteiger partial charge in [0.15, 0.2) is 11.6 Å². The molecule has 1 amide bonds. The molecule has 30 heavy (non-hydrogen) atoms. The van der Waals surface area contributed by atoms with Crippen molar-refractivity contribution in [2.75, 3.05) is 19.7 Å². The van der Waals surface area contributed by atoms with Gasteiger partial charge in [0.05, 0.1) is 6.61 Å². The van der Waals surface area contributed by atoms with Crippen LogP contribution in [0.3, 0.4) is 0 Å². The maximum absolute atomic E-state index is 14.0. The second-order valence-electron chi connectivity index (χ2n) is 7.81. The lowest BCUT2D eigenvalue weighted by atomic mass is 9.92. The van der Waals surface area contributed by atoms with Gasteiger partial charge in [-0.3, -0.25) is 4.79 Å². The molecule has 0 spiro atoms. The van der Waals surface area contributed by atoms with Crippen LogP contribution >= 0.6 is 0 Å². The molecule has 2 heterocycles. The molecule has 0 aliphatic carbocycles. The van der Waals surface area contributed by atoms with Crippen LogP contribution in [0.15, 0.2) is 36.5 Å². The number of aromatic nitrogens is 1. The number of nitrogens with one attached hydrogen (secondary N) is 2. The molecule has 7 heteroatoms. The number of benzene rings is 2. The van der Waals surface area contributed by atoms with Crippen LogP contribution in [0.5, 0.6) is 5.75 Å². The second kappa shape index (κ2) is 8.83. The largest absolute Gasteiger partial charge is 0.490 e. The summed E-state index contributed by atoms with van der Waals surface area (Å²) >= 11 is 0. The topological polar surface area (TPSA) is 80.1 Å². The van der Waals surface area contributed by atoms with E-state index in [0.29, 0.717) is 30.7 Å². The van der Waals surface area contributed by atoms with Crippen LogP contribution in [0.1, 0.15) is 34.3 Å². The smallest absolute Gasteiger partial charge is 0.249 e. The zero-order valence-corrected chi connectivity index (χ0v) is 16.6. The van der Waals surface area contributed by atoms with Gasteiger partial charge in [-0.15, -0.1) is 0 Å². The van der Waals surface area contributed by atoms with Gasteiger partial charge in [-0.1, -0.05) is 0 Å². The summed E-state index contributed by atoms with van der Waals surface area (Å²) in [5, 5.41) is 4.36. The van der Waals surface area contributed by atoms with Crippen molar-refractivity contribution in [3.8, 4) is 5.75 Å². The summed E-state index contributed by atoms with van der Waals surface area (Å²) in [7, 11) is 0. The molecule has 5 nitrogen and oxygen atoms in total. The summed E-state index contributed by atoms with van der Waals surface area (Å²) in [4.78, 5) is 14.8. The molecule has 158 valence electrons. The summed E-state index contributed by atoms with van der Waals surface area (Å²) in [6.07, 6.45) is 5.35. The van der Waals surface area contributed by atoms with Crippen LogP contribution in [0.2, 0.25) is 0 Å². The van der Waals surface area contributed by atoms with E-state index in [1.807, 2.05) is 6.20 Å². The first-order chi connectivity index (χ1) is 14.5. The summed E-state index contributed by atoms with van der Waals surface area (Å²) in [5.41, 5.74) is 8.38. The van der Waals surface area contributed by atoms with Gasteiger partial charge in [0.2, 0.25) is 5.91 Å². The Morgan fingerprint density at radius 1 is 1.23 bits per heavy atom. The summed E-state index contributed by atoms with van der Waals surface area (Å²) in [6, 6.07) is 7.44. The molecule has 0 saturated carbocycles. The highest BCUT2D eigenvalue weighted by Gasteiger charge is 2.26. The molecule has 0 fully saturated rings. The predicted octanol–water partition coefficient (Wildman–Crippen LogP) is 3.71. The number of nitrogens with two attached hydrogens (primary N) is 1. The molecular formula is C23H25F2N3O2. The Kier molecular flexibility index (Phi) is 5.99. The number of H-pyrrole nitrogens is 1. The maximum atomic E-state index is 14.0. The van der Waals surface area contributed by atoms with Crippen molar-refractivity contribution >= 4 is 16.8 Å². The van der Waals surface area contributed by atoms with Gasteiger partial charge in [0.25, 0.3) is 0 Å². The number of carbonyl (C=O) groups is 1. The van der Waals surface area contributed by atoms with Gasteiger partial charge in [-0.05, 0) is 68.1 Å². The fraction of sp³-hybridized carbons (Fsp3) is 0.348. The number of amides is 1. The minimum absolute atomic E-state index is 0.147. The predicted molar refractivity (Wildman–Crippen MR) is 112 cm³/mol. The highest BCUT2D eigenvalue weighted by atomic mass is 19.1. The minimum atomic E-state index is -0.569. The second-order valence-corrected chi connectivity index (χ2v) is 7.81. The number of primary amides is 1. The van der Waals surface area contributed by atoms with Gasteiger partial charge in [-0.2, -0.15) is 0 Å². The molecule has 1 aliphatic heterocycles. The van der Waals surface area contributed by atoms with E-state index in [0.717, 1.165) is 42.3 Å². The summed E-state index contributed by atoms with van der Waals surface area (Å²) < 4.78 is 33.0. The number of aryl methyl sites for hydroxylation is 1. The number of rotatable bonds is 8. The number of aromatic amines is 1. The molecule has 0 bridgehead atoms. The van der Waals surface area contributed by atoms with E-state index in [4.69, 9.17) is 10.5 Å². The van der Waals surface area contributed by atoms with Crippen LogP contribution in [-0.2, 0) is 12.8 Å². The van der Waals surface area contributed by atoms with Crippen LogP contribution in [-0.4, -0.2) is 30.6 Å². The Bertz CT molecular complexity index is 1060. The van der Waals surface area contributed by atoms with Crippen molar-refractivity contribution < 1.29 is 18.3 Å². The number of ether oxygens (including phenoxy) is 1. The number of fused-ring (bicyclic) bond motifs is 2. The van der Waals surface area contributed by atoms with E-state index in [2.05, 4.69) is 10.3 Å². The average molecular weight is 413 g/mol. The van der Waals surface area contributed by atoms with Crippen LogP contribution in [0.25, 0.3) is 10.9 Å². The first-order valence-electron chi connectivity index (χ1n) is 10.2. The Morgan fingerprint density at radius 3 is 2.93 bits per heavy atom. The zero-order chi connectivity index (χ0) is 21.1. The highest BCUT2D eigenvalue weighted by molar-refractivity contribution is 5.95. The van der Waals surface area contributed by atoms with Crippen molar-refractivity contribution in [2.24, 2.45) is 11.7 Å². The summed E-state index contributed by atoms with van der Waals surface area (Å²) in [6.45, 7) is 1.96. The van der Waals surface area contributed by atoms with Crippen LogP contribution in [0, 0.1) is 17.6 Å². The Balaban J connectivity index is 1.23. The normalized spacial score (nSPS) is 15.7. The highest BCUT2D eigenvalue weighted by Crippen LogP contribution is 2.32. The summed E-state index contributed by atoms with van der Waals surface area (Å²) in [5.74, 6) is -0.952. The van der Waals surface area contributed by atoms with Crippen molar-refractivity contribution in [3.63, 3.8) is 0 Å². The van der Waals surface area contributed by atoms with Crippen molar-refractivity contribution in [1.29, 1.82) is 0 Å². The zero-order valence-electron chi connectivity index (χ0n) is 16.6. The number of carbonyl (C=O) groups excluding carboxylic acids is 1. The molecule has 4 N–H and O–H groups in total. The number of unbranched alkanes of at least 4 members (excludes halogenated alkanes) is 1. The van der Waals surface area contributed by atoms with Crippen molar-refractivity contribution in [2.45, 2.75) is 25.7 Å².